The number of nitrogens with zero attached hydrogens (tertiary/aromatic N) is 1. The molecular formula is C26H31NO2. The van der Waals surface area contributed by atoms with Crippen molar-refractivity contribution < 1.29 is 9.47 Å². The van der Waals surface area contributed by atoms with E-state index in [4.69, 9.17) is 9.47 Å². The first-order valence-electron chi connectivity index (χ1n) is 10.2. The first kappa shape index (κ1) is 20.9. The van der Waals surface area contributed by atoms with Crippen molar-refractivity contribution in [2.45, 2.75) is 25.3 Å². The number of hydrogen-bond donors (Lipinski definition) is 0. The second kappa shape index (κ2) is 10.1. The van der Waals surface area contributed by atoms with Gasteiger partial charge in [-0.3, -0.25) is 4.90 Å². The van der Waals surface area contributed by atoms with Gasteiger partial charge in [-0.15, -0.1) is 0 Å². The van der Waals surface area contributed by atoms with E-state index in [1.807, 2.05) is 6.07 Å². The van der Waals surface area contributed by atoms with Crippen molar-refractivity contribution in [3.63, 3.8) is 0 Å². The third-order valence-electron chi connectivity index (χ3n) is 5.73. The van der Waals surface area contributed by atoms with Crippen molar-refractivity contribution in [3.05, 3.63) is 95.6 Å². The summed E-state index contributed by atoms with van der Waals surface area (Å²) in [6, 6.07) is 28.0. The van der Waals surface area contributed by atoms with Crippen molar-refractivity contribution >= 4 is 0 Å². The van der Waals surface area contributed by atoms with Gasteiger partial charge in [0.05, 0.1) is 14.2 Å². The van der Waals surface area contributed by atoms with Gasteiger partial charge >= 0.3 is 0 Å². The summed E-state index contributed by atoms with van der Waals surface area (Å²) >= 11 is 0. The number of methoxy groups -OCH3 is 2. The summed E-state index contributed by atoms with van der Waals surface area (Å²) in [6.07, 6.45) is 1.06. The average Bonchev–Trinajstić information content (AvgIpc) is 2.79. The normalized spacial score (nSPS) is 12.2. The Hall–Kier alpha value is -2.78. The van der Waals surface area contributed by atoms with Gasteiger partial charge in [0, 0.05) is 12.0 Å². The Balaban J connectivity index is 1.74. The van der Waals surface area contributed by atoms with Gasteiger partial charge in [-0.05, 0) is 55.8 Å². The molecule has 0 aliphatic heterocycles. The van der Waals surface area contributed by atoms with Gasteiger partial charge in [-0.1, -0.05) is 66.7 Å². The van der Waals surface area contributed by atoms with E-state index in [0.717, 1.165) is 24.5 Å². The highest BCUT2D eigenvalue weighted by Crippen LogP contribution is 2.33. The van der Waals surface area contributed by atoms with E-state index in [0.29, 0.717) is 5.92 Å². The van der Waals surface area contributed by atoms with Gasteiger partial charge in [0.2, 0.25) is 0 Å². The van der Waals surface area contributed by atoms with Crippen LogP contribution in [0.3, 0.4) is 0 Å². The third kappa shape index (κ3) is 5.18. The topological polar surface area (TPSA) is 21.7 Å². The van der Waals surface area contributed by atoms with E-state index in [-0.39, 0.29) is 6.04 Å². The number of benzene rings is 3. The summed E-state index contributed by atoms with van der Waals surface area (Å²) in [5.41, 5.74) is 3.96. The lowest BCUT2D eigenvalue weighted by Crippen LogP contribution is -2.25. The molecular weight excluding hydrogens is 358 g/mol. The van der Waals surface area contributed by atoms with Crippen LogP contribution in [0.2, 0.25) is 0 Å². The van der Waals surface area contributed by atoms with Crippen LogP contribution in [0.4, 0.5) is 0 Å². The highest BCUT2D eigenvalue weighted by Gasteiger charge is 2.18. The zero-order valence-electron chi connectivity index (χ0n) is 17.8. The Morgan fingerprint density at radius 2 is 1.28 bits per heavy atom. The molecule has 0 saturated heterocycles. The Bertz CT molecular complexity index is 840. The number of ether oxygens (including phenoxy) is 2. The van der Waals surface area contributed by atoms with Crippen molar-refractivity contribution in [3.8, 4) is 11.5 Å². The summed E-state index contributed by atoms with van der Waals surface area (Å²) < 4.78 is 10.8. The third-order valence-corrected chi connectivity index (χ3v) is 5.73. The smallest absolute Gasteiger partial charge is 0.161 e. The van der Waals surface area contributed by atoms with Crippen LogP contribution in [0, 0.1) is 0 Å². The van der Waals surface area contributed by atoms with Gasteiger partial charge in [-0.2, -0.15) is 0 Å². The Labute approximate surface area is 174 Å². The van der Waals surface area contributed by atoms with Crippen molar-refractivity contribution in [1.82, 2.24) is 4.90 Å². The molecule has 3 nitrogen and oxygen atoms in total. The number of rotatable bonds is 9. The molecule has 0 saturated carbocycles. The van der Waals surface area contributed by atoms with Crippen molar-refractivity contribution in [2.24, 2.45) is 0 Å². The van der Waals surface area contributed by atoms with Crippen LogP contribution in [0.15, 0.2) is 78.9 Å². The zero-order chi connectivity index (χ0) is 20.6. The highest BCUT2D eigenvalue weighted by molar-refractivity contribution is 5.43. The Morgan fingerprint density at radius 3 is 1.79 bits per heavy atom. The zero-order valence-corrected chi connectivity index (χ0v) is 17.8. The van der Waals surface area contributed by atoms with Gasteiger partial charge in [0.15, 0.2) is 11.5 Å². The van der Waals surface area contributed by atoms with E-state index in [1.54, 1.807) is 14.2 Å². The Kier molecular flexibility index (Phi) is 7.31. The summed E-state index contributed by atoms with van der Waals surface area (Å²) in [5, 5.41) is 0. The van der Waals surface area contributed by atoms with Crippen LogP contribution in [-0.2, 0) is 0 Å². The van der Waals surface area contributed by atoms with Crippen molar-refractivity contribution in [2.75, 3.05) is 27.8 Å². The maximum absolute atomic E-state index is 5.48. The van der Waals surface area contributed by atoms with Gasteiger partial charge < -0.3 is 9.47 Å². The Morgan fingerprint density at radius 1 is 0.724 bits per heavy atom. The van der Waals surface area contributed by atoms with Gasteiger partial charge in [0.25, 0.3) is 0 Å². The monoisotopic (exact) mass is 389 g/mol. The average molecular weight is 390 g/mol. The fourth-order valence-corrected chi connectivity index (χ4v) is 3.79. The second-order valence-electron chi connectivity index (χ2n) is 7.43. The summed E-state index contributed by atoms with van der Waals surface area (Å²) in [4.78, 5) is 2.40. The fourth-order valence-electron chi connectivity index (χ4n) is 3.79. The van der Waals surface area contributed by atoms with Crippen LogP contribution in [0.1, 0.15) is 42.0 Å². The molecule has 0 radical (unpaired) electrons. The molecule has 152 valence electrons. The SMILES string of the molecule is COc1ccc(C(C)N(C)CCC(c2ccccc2)c2ccccc2)cc1OC. The lowest BCUT2D eigenvalue weighted by Gasteiger charge is -2.28. The van der Waals surface area contributed by atoms with Crippen LogP contribution in [0.5, 0.6) is 11.5 Å². The van der Waals surface area contributed by atoms with E-state index >= 15 is 0 Å². The number of hydrogen-bond acceptors (Lipinski definition) is 3. The minimum Gasteiger partial charge on any atom is -0.493 e. The van der Waals surface area contributed by atoms with Gasteiger partial charge in [0.1, 0.15) is 0 Å². The molecule has 3 rings (SSSR count). The largest absolute Gasteiger partial charge is 0.493 e. The first-order valence-corrected chi connectivity index (χ1v) is 10.2. The van der Waals surface area contributed by atoms with E-state index in [1.165, 1.54) is 16.7 Å². The molecule has 0 fully saturated rings. The van der Waals surface area contributed by atoms with E-state index < -0.39 is 0 Å². The summed E-state index contributed by atoms with van der Waals surface area (Å²) in [7, 11) is 5.54. The molecule has 0 aliphatic rings. The summed E-state index contributed by atoms with van der Waals surface area (Å²) in [5.74, 6) is 1.92. The van der Waals surface area contributed by atoms with Gasteiger partial charge in [-0.25, -0.2) is 0 Å². The molecule has 1 atom stereocenters. The minimum absolute atomic E-state index is 0.280. The molecule has 0 aromatic heterocycles. The molecule has 0 N–H and O–H groups in total. The fraction of sp³-hybridized carbons (Fsp3) is 0.308. The maximum Gasteiger partial charge on any atom is 0.161 e. The minimum atomic E-state index is 0.280. The molecule has 29 heavy (non-hydrogen) atoms. The molecule has 3 aromatic rings. The van der Waals surface area contributed by atoms with E-state index in [2.05, 4.69) is 91.7 Å². The summed E-state index contributed by atoms with van der Waals surface area (Å²) in [6.45, 7) is 3.23. The first-order chi connectivity index (χ1) is 14.1. The van der Waals surface area contributed by atoms with E-state index in [9.17, 15) is 0 Å². The quantitative estimate of drug-likeness (QED) is 0.453. The molecule has 0 spiro atoms. The van der Waals surface area contributed by atoms with Crippen LogP contribution in [0.25, 0.3) is 0 Å². The van der Waals surface area contributed by atoms with Crippen LogP contribution < -0.4 is 9.47 Å². The predicted octanol–water partition coefficient (Wildman–Crippen LogP) is 5.92. The molecule has 0 heterocycles. The molecule has 3 aromatic carbocycles. The predicted molar refractivity (Wildman–Crippen MR) is 120 cm³/mol. The van der Waals surface area contributed by atoms with Crippen LogP contribution in [-0.4, -0.2) is 32.7 Å². The lowest BCUT2D eigenvalue weighted by atomic mass is 9.88. The second-order valence-corrected chi connectivity index (χ2v) is 7.43. The highest BCUT2D eigenvalue weighted by atomic mass is 16.5. The standard InChI is InChI=1S/C26H31NO2/c1-20(23-15-16-25(28-3)26(19-23)29-4)27(2)18-17-24(21-11-7-5-8-12-21)22-13-9-6-10-14-22/h5-16,19-20,24H,17-18H2,1-4H3. The maximum atomic E-state index is 5.48. The van der Waals surface area contributed by atoms with Crippen molar-refractivity contribution in [1.29, 1.82) is 0 Å². The molecule has 0 bridgehead atoms. The molecule has 3 heteroatoms. The lowest BCUT2D eigenvalue weighted by molar-refractivity contribution is 0.253. The molecule has 0 amide bonds. The van der Waals surface area contributed by atoms with Crippen LogP contribution >= 0.6 is 0 Å². The molecule has 1 unspecified atom stereocenters. The molecule has 0 aliphatic carbocycles.